The normalized spacial score (nSPS) is 11.0. The number of para-hydroxylation sites is 1. The van der Waals surface area contributed by atoms with Gasteiger partial charge in [-0.1, -0.05) is 48.5 Å². The van der Waals surface area contributed by atoms with Crippen molar-refractivity contribution in [3.05, 3.63) is 66.2 Å². The molecule has 0 saturated heterocycles. The van der Waals surface area contributed by atoms with E-state index >= 15 is 0 Å². The highest BCUT2D eigenvalue weighted by atomic mass is 16.7. The van der Waals surface area contributed by atoms with Crippen molar-refractivity contribution in [1.29, 1.82) is 0 Å². The van der Waals surface area contributed by atoms with Crippen LogP contribution in [0.5, 0.6) is 5.75 Å². The largest absolute Gasteiger partial charge is 0.513 e. The first-order valence-electron chi connectivity index (χ1n) is 7.17. The summed E-state index contributed by atoms with van der Waals surface area (Å²) < 4.78 is 15.8. The highest BCUT2D eigenvalue weighted by Gasteiger charge is 2.20. The van der Waals surface area contributed by atoms with Gasteiger partial charge in [0.2, 0.25) is 0 Å². The van der Waals surface area contributed by atoms with Gasteiger partial charge in [-0.15, -0.1) is 0 Å². The predicted octanol–water partition coefficient (Wildman–Crippen LogP) is 4.15. The van der Waals surface area contributed by atoms with E-state index in [-0.39, 0.29) is 6.61 Å². The van der Waals surface area contributed by atoms with E-state index in [0.29, 0.717) is 12.4 Å². The Labute approximate surface area is 130 Å². The second kappa shape index (κ2) is 7.61. The van der Waals surface area contributed by atoms with Crippen LogP contribution >= 0.6 is 0 Å². The molecule has 2 aromatic carbocycles. The Bertz CT molecular complexity index is 579. The molecule has 2 rings (SSSR count). The van der Waals surface area contributed by atoms with Crippen LogP contribution in [0.4, 0.5) is 4.79 Å². The Morgan fingerprint density at radius 3 is 2.14 bits per heavy atom. The molecule has 0 bridgehead atoms. The zero-order valence-electron chi connectivity index (χ0n) is 12.8. The van der Waals surface area contributed by atoms with Crippen LogP contribution in [0.15, 0.2) is 60.7 Å². The molecule has 0 unspecified atom stereocenters. The number of carbonyl (C=O) groups is 1. The van der Waals surface area contributed by atoms with Crippen LogP contribution in [0.3, 0.4) is 0 Å². The third-order valence-corrected chi connectivity index (χ3v) is 3.18. The number of rotatable bonds is 6. The topological polar surface area (TPSA) is 44.8 Å². The summed E-state index contributed by atoms with van der Waals surface area (Å²) in [6, 6.07) is 18.7. The van der Waals surface area contributed by atoms with E-state index in [0.717, 1.165) is 5.56 Å². The molecule has 0 aromatic heterocycles. The average molecular weight is 300 g/mol. The molecule has 0 amide bonds. The molecule has 4 heteroatoms. The number of carbonyl (C=O) groups excluding carboxylic acids is 1. The van der Waals surface area contributed by atoms with E-state index in [1.165, 1.54) is 0 Å². The first-order valence-corrected chi connectivity index (χ1v) is 7.17. The van der Waals surface area contributed by atoms with E-state index < -0.39 is 11.8 Å². The lowest BCUT2D eigenvalue weighted by Crippen LogP contribution is -2.24. The van der Waals surface area contributed by atoms with E-state index in [4.69, 9.17) is 14.2 Å². The zero-order chi connectivity index (χ0) is 15.8. The average Bonchev–Trinajstić information content (AvgIpc) is 2.53. The number of hydrogen-bond acceptors (Lipinski definition) is 4. The molecule has 0 saturated carbocycles. The lowest BCUT2D eigenvalue weighted by Gasteiger charge is -2.25. The monoisotopic (exact) mass is 300 g/mol. The maximum absolute atomic E-state index is 11.5. The van der Waals surface area contributed by atoms with Gasteiger partial charge in [-0.3, -0.25) is 0 Å². The maximum atomic E-state index is 11.5. The van der Waals surface area contributed by atoms with Crippen molar-refractivity contribution in [3.63, 3.8) is 0 Å². The van der Waals surface area contributed by atoms with Gasteiger partial charge >= 0.3 is 6.16 Å². The summed E-state index contributed by atoms with van der Waals surface area (Å²) in [7, 11) is 0. The standard InChI is InChI=1S/C18H20O4/c1-18(2,15-9-5-3-6-10-15)21-14-13-20-17(19)22-16-11-7-4-8-12-16/h3-12H,13-14H2,1-2H3. The van der Waals surface area contributed by atoms with E-state index in [9.17, 15) is 4.79 Å². The van der Waals surface area contributed by atoms with Gasteiger partial charge in [-0.2, -0.15) is 0 Å². The first kappa shape index (κ1) is 16.0. The molecule has 0 fully saturated rings. The Hall–Kier alpha value is -2.33. The van der Waals surface area contributed by atoms with Crippen LogP contribution in [0.25, 0.3) is 0 Å². The summed E-state index contributed by atoms with van der Waals surface area (Å²) in [5, 5.41) is 0. The van der Waals surface area contributed by atoms with Gasteiger partial charge in [-0.25, -0.2) is 4.79 Å². The van der Waals surface area contributed by atoms with Crippen LogP contribution in [0.1, 0.15) is 19.4 Å². The fourth-order valence-corrected chi connectivity index (χ4v) is 1.96. The van der Waals surface area contributed by atoms with Crippen LogP contribution in [-0.4, -0.2) is 19.4 Å². The minimum atomic E-state index is -0.729. The summed E-state index contributed by atoms with van der Waals surface area (Å²) in [5.41, 5.74) is 0.635. The van der Waals surface area contributed by atoms with Crippen molar-refractivity contribution >= 4 is 6.16 Å². The maximum Gasteiger partial charge on any atom is 0.513 e. The third-order valence-electron chi connectivity index (χ3n) is 3.18. The molecular weight excluding hydrogens is 280 g/mol. The Kier molecular flexibility index (Phi) is 5.55. The summed E-state index contributed by atoms with van der Waals surface area (Å²) in [4.78, 5) is 11.5. The molecule has 2 aromatic rings. The molecule has 0 spiro atoms. The van der Waals surface area contributed by atoms with Crippen molar-refractivity contribution in [2.24, 2.45) is 0 Å². The van der Waals surface area contributed by atoms with Crippen molar-refractivity contribution in [3.8, 4) is 5.75 Å². The quantitative estimate of drug-likeness (QED) is 0.456. The Morgan fingerprint density at radius 2 is 1.50 bits per heavy atom. The van der Waals surface area contributed by atoms with Gasteiger partial charge in [0.15, 0.2) is 0 Å². The first-order chi connectivity index (χ1) is 10.6. The Balaban J connectivity index is 1.72. The van der Waals surface area contributed by atoms with E-state index in [2.05, 4.69) is 0 Å². The number of benzene rings is 2. The third kappa shape index (κ3) is 4.90. The molecule has 0 heterocycles. The fraction of sp³-hybridized carbons (Fsp3) is 0.278. The van der Waals surface area contributed by atoms with Gasteiger partial charge in [-0.05, 0) is 31.5 Å². The molecule has 116 valence electrons. The second-order valence-corrected chi connectivity index (χ2v) is 5.24. The summed E-state index contributed by atoms with van der Waals surface area (Å²) >= 11 is 0. The fourth-order valence-electron chi connectivity index (χ4n) is 1.96. The molecule has 0 atom stereocenters. The molecule has 4 nitrogen and oxygen atoms in total. The van der Waals surface area contributed by atoms with Crippen molar-refractivity contribution in [2.75, 3.05) is 13.2 Å². The van der Waals surface area contributed by atoms with Crippen molar-refractivity contribution in [1.82, 2.24) is 0 Å². The van der Waals surface area contributed by atoms with Gasteiger partial charge in [0, 0.05) is 0 Å². The Morgan fingerprint density at radius 1 is 0.909 bits per heavy atom. The second-order valence-electron chi connectivity index (χ2n) is 5.24. The molecule has 0 aliphatic carbocycles. The lowest BCUT2D eigenvalue weighted by molar-refractivity contribution is -0.0429. The minimum Gasteiger partial charge on any atom is -0.432 e. The number of hydrogen-bond donors (Lipinski definition) is 0. The molecule has 22 heavy (non-hydrogen) atoms. The molecule has 0 radical (unpaired) electrons. The highest BCUT2D eigenvalue weighted by Crippen LogP contribution is 2.23. The van der Waals surface area contributed by atoms with Crippen LogP contribution in [-0.2, 0) is 15.1 Å². The van der Waals surface area contributed by atoms with Crippen LogP contribution in [0, 0.1) is 0 Å². The van der Waals surface area contributed by atoms with Gasteiger partial charge in [0.1, 0.15) is 12.4 Å². The van der Waals surface area contributed by atoms with E-state index in [1.807, 2.05) is 50.2 Å². The SMILES string of the molecule is CC(C)(OCCOC(=O)Oc1ccccc1)c1ccccc1. The van der Waals surface area contributed by atoms with Crippen molar-refractivity contribution < 1.29 is 19.0 Å². The minimum absolute atomic E-state index is 0.141. The zero-order valence-corrected chi connectivity index (χ0v) is 12.8. The number of ether oxygens (including phenoxy) is 3. The van der Waals surface area contributed by atoms with Crippen LogP contribution in [0.2, 0.25) is 0 Å². The lowest BCUT2D eigenvalue weighted by atomic mass is 9.98. The van der Waals surface area contributed by atoms with Gasteiger partial charge in [0.25, 0.3) is 0 Å². The highest BCUT2D eigenvalue weighted by molar-refractivity contribution is 5.63. The van der Waals surface area contributed by atoms with E-state index in [1.54, 1.807) is 24.3 Å². The summed E-state index contributed by atoms with van der Waals surface area (Å²) in [6.45, 7) is 4.39. The predicted molar refractivity (Wildman–Crippen MR) is 83.8 cm³/mol. The van der Waals surface area contributed by atoms with Gasteiger partial charge < -0.3 is 14.2 Å². The molecule has 0 aliphatic heterocycles. The van der Waals surface area contributed by atoms with Crippen LogP contribution < -0.4 is 4.74 Å². The smallest absolute Gasteiger partial charge is 0.432 e. The molecule has 0 N–H and O–H groups in total. The van der Waals surface area contributed by atoms with Gasteiger partial charge in [0.05, 0.1) is 12.2 Å². The van der Waals surface area contributed by atoms with Crippen molar-refractivity contribution in [2.45, 2.75) is 19.4 Å². The summed E-state index contributed by atoms with van der Waals surface area (Å²) in [5.74, 6) is 0.457. The molecular formula is C18H20O4. The molecule has 0 aliphatic rings. The summed E-state index contributed by atoms with van der Waals surface area (Å²) in [6.07, 6.45) is -0.729.